The molecule has 8 nitrogen and oxygen atoms in total. The Balaban J connectivity index is 1.34. The predicted molar refractivity (Wildman–Crippen MR) is 148 cm³/mol. The van der Waals surface area contributed by atoms with Crippen molar-refractivity contribution in [1.29, 1.82) is 0 Å². The lowest BCUT2D eigenvalue weighted by molar-refractivity contribution is -0.671. The fourth-order valence-electron chi connectivity index (χ4n) is 6.12. The summed E-state index contributed by atoms with van der Waals surface area (Å²) in [4.78, 5) is 27.5. The average Bonchev–Trinajstić information content (AvgIpc) is 3.59. The Morgan fingerprint density at radius 3 is 2.69 bits per heavy atom. The number of carbonyl (C=O) groups excluding carboxylic acids is 2. The second-order valence-corrected chi connectivity index (χ2v) is 11.4. The van der Waals surface area contributed by atoms with Gasteiger partial charge in [0.25, 0.3) is 0 Å². The van der Waals surface area contributed by atoms with Crippen LogP contribution in [0.1, 0.15) is 19.4 Å². The maximum atomic E-state index is 13.1. The lowest BCUT2D eigenvalue weighted by Crippen LogP contribution is -2.63. The normalized spacial score (nSPS) is 21.4. The highest BCUT2D eigenvalue weighted by Crippen LogP contribution is 2.48. The zero-order chi connectivity index (χ0) is 27.4. The van der Waals surface area contributed by atoms with Gasteiger partial charge in [0.15, 0.2) is 0 Å². The van der Waals surface area contributed by atoms with Crippen LogP contribution in [0.15, 0.2) is 66.4 Å². The monoisotopic (exact) mass is 546 g/mol. The summed E-state index contributed by atoms with van der Waals surface area (Å²) in [7, 11) is 4.96. The quantitative estimate of drug-likeness (QED) is 0.189. The summed E-state index contributed by atoms with van der Waals surface area (Å²) in [5, 5.41) is 2.21. The standard InChI is InChI=1S/C30H32N3O5S/c1-17-21(27(30(35)37-5)33-26(17)24(29(33)34)18(2)36-4)15-38-22-10-7-11-23-25(22)20-9-6-8-19(28(20)39-23)14-32-13-12-31(3)16-32/h6-13,16-18,24,26H,14-15H2,1-5H3/q+1/t17-,18?,24?,26?/m0/s1. The topological polar surface area (TPSA) is 73.9 Å². The molecule has 0 radical (unpaired) electrons. The number of imidazole rings is 1. The number of benzene rings is 2. The van der Waals surface area contributed by atoms with Gasteiger partial charge in [-0.05, 0) is 19.1 Å². The number of fused-ring (bicyclic) bond motifs is 4. The summed E-state index contributed by atoms with van der Waals surface area (Å²) >= 11 is 1.76. The van der Waals surface area contributed by atoms with Crippen LogP contribution in [0.3, 0.4) is 0 Å². The van der Waals surface area contributed by atoms with Crippen LogP contribution in [0.2, 0.25) is 0 Å². The van der Waals surface area contributed by atoms with Gasteiger partial charge in [-0.2, -0.15) is 0 Å². The van der Waals surface area contributed by atoms with Crippen LogP contribution in [0.25, 0.3) is 20.2 Å². The zero-order valence-corrected chi connectivity index (χ0v) is 23.5. The van der Waals surface area contributed by atoms with Gasteiger partial charge in [-0.15, -0.1) is 11.3 Å². The third-order valence-electron chi connectivity index (χ3n) is 8.18. The van der Waals surface area contributed by atoms with Gasteiger partial charge in [0.2, 0.25) is 12.2 Å². The molecule has 39 heavy (non-hydrogen) atoms. The van der Waals surface area contributed by atoms with Crippen LogP contribution in [-0.4, -0.2) is 54.3 Å². The van der Waals surface area contributed by atoms with E-state index in [1.807, 2.05) is 43.8 Å². The van der Waals surface area contributed by atoms with Crippen molar-refractivity contribution in [3.8, 4) is 5.75 Å². The molecular formula is C30H32N3O5S+. The van der Waals surface area contributed by atoms with Crippen molar-refractivity contribution in [2.45, 2.75) is 32.5 Å². The molecule has 2 aromatic heterocycles. The summed E-state index contributed by atoms with van der Waals surface area (Å²) < 4.78 is 23.6. The Morgan fingerprint density at radius 1 is 1.18 bits per heavy atom. The van der Waals surface area contributed by atoms with E-state index in [0.29, 0.717) is 5.70 Å². The second-order valence-electron chi connectivity index (χ2n) is 10.4. The number of amides is 1. The van der Waals surface area contributed by atoms with Crippen molar-refractivity contribution < 1.29 is 28.4 Å². The molecule has 1 saturated heterocycles. The Morgan fingerprint density at radius 2 is 1.97 bits per heavy atom. The van der Waals surface area contributed by atoms with Crippen LogP contribution in [0, 0.1) is 11.8 Å². The van der Waals surface area contributed by atoms with E-state index in [4.69, 9.17) is 14.2 Å². The minimum Gasteiger partial charge on any atom is -0.488 e. The number of ether oxygens (including phenoxy) is 3. The number of hydrogen-bond donors (Lipinski definition) is 0. The van der Waals surface area contributed by atoms with Gasteiger partial charge in [-0.3, -0.25) is 4.79 Å². The number of nitrogens with zero attached hydrogens (tertiary/aromatic N) is 3. The fourth-order valence-corrected chi connectivity index (χ4v) is 7.34. The van der Waals surface area contributed by atoms with E-state index in [0.717, 1.165) is 33.3 Å². The molecule has 202 valence electrons. The highest BCUT2D eigenvalue weighted by atomic mass is 32.1. The van der Waals surface area contributed by atoms with E-state index >= 15 is 0 Å². The number of aryl methyl sites for hydroxylation is 1. The summed E-state index contributed by atoms with van der Waals surface area (Å²) in [6.45, 7) is 4.91. The summed E-state index contributed by atoms with van der Waals surface area (Å²) in [6, 6.07) is 12.3. The lowest BCUT2D eigenvalue weighted by Gasteiger charge is -2.47. The van der Waals surface area contributed by atoms with Gasteiger partial charge < -0.3 is 19.1 Å². The van der Waals surface area contributed by atoms with Gasteiger partial charge in [-0.1, -0.05) is 31.2 Å². The number of hydrogen-bond acceptors (Lipinski definition) is 6. The third kappa shape index (κ3) is 4.03. The van der Waals surface area contributed by atoms with E-state index in [2.05, 4.69) is 41.4 Å². The molecule has 0 spiro atoms. The number of rotatable bonds is 8. The van der Waals surface area contributed by atoms with E-state index < -0.39 is 5.97 Å². The Labute approximate surface area is 231 Å². The molecule has 4 atom stereocenters. The van der Waals surface area contributed by atoms with Crippen LogP contribution in [0.4, 0.5) is 0 Å². The van der Waals surface area contributed by atoms with E-state index in [-0.39, 0.29) is 36.5 Å². The Bertz CT molecular complexity index is 1640. The molecule has 3 unspecified atom stereocenters. The van der Waals surface area contributed by atoms with E-state index in [1.54, 1.807) is 23.3 Å². The molecule has 4 aromatic rings. The molecule has 2 aromatic carbocycles. The molecule has 1 fully saturated rings. The SMILES string of the molecule is COC(=O)C1=C(COc2cccc3sc4c(Cn5cc[n+](C)c5)cccc4c23)[C@H](C)C2C(C(C)OC)C(=O)N12. The van der Waals surface area contributed by atoms with E-state index in [1.165, 1.54) is 17.4 Å². The molecule has 0 saturated carbocycles. The highest BCUT2D eigenvalue weighted by molar-refractivity contribution is 7.26. The smallest absolute Gasteiger partial charge is 0.354 e. The molecule has 0 aliphatic carbocycles. The molecule has 4 heterocycles. The number of aromatic nitrogens is 2. The molecule has 2 aliphatic rings. The van der Waals surface area contributed by atoms with Crippen molar-refractivity contribution in [3.63, 3.8) is 0 Å². The lowest BCUT2D eigenvalue weighted by atomic mass is 9.78. The number of methoxy groups -OCH3 is 2. The van der Waals surface area contributed by atoms with Crippen LogP contribution in [0.5, 0.6) is 5.75 Å². The Hall–Kier alpha value is -3.69. The first-order chi connectivity index (χ1) is 18.8. The first-order valence-electron chi connectivity index (χ1n) is 13.1. The van der Waals surface area contributed by atoms with Crippen molar-refractivity contribution in [3.05, 3.63) is 72.0 Å². The van der Waals surface area contributed by atoms with Crippen LogP contribution < -0.4 is 9.30 Å². The molecule has 0 N–H and O–H groups in total. The second kappa shape index (κ2) is 9.81. The number of thiophene rings is 1. The molecule has 6 rings (SSSR count). The third-order valence-corrected chi connectivity index (χ3v) is 9.42. The first-order valence-corrected chi connectivity index (χ1v) is 13.9. The van der Waals surface area contributed by atoms with E-state index in [9.17, 15) is 9.59 Å². The molecule has 2 aliphatic heterocycles. The number of esters is 1. The van der Waals surface area contributed by atoms with Crippen molar-refractivity contribution in [1.82, 2.24) is 9.47 Å². The molecule has 1 amide bonds. The first kappa shape index (κ1) is 25.6. The summed E-state index contributed by atoms with van der Waals surface area (Å²) in [5.41, 5.74) is 2.34. The zero-order valence-electron chi connectivity index (χ0n) is 22.7. The van der Waals surface area contributed by atoms with Crippen molar-refractivity contribution in [2.24, 2.45) is 18.9 Å². The Kier molecular flexibility index (Phi) is 6.43. The minimum absolute atomic E-state index is 0.0627. The van der Waals surface area contributed by atoms with Gasteiger partial charge in [0.05, 0.1) is 32.2 Å². The van der Waals surface area contributed by atoms with Gasteiger partial charge in [-0.25, -0.2) is 13.9 Å². The van der Waals surface area contributed by atoms with Crippen molar-refractivity contribution in [2.75, 3.05) is 20.8 Å². The average molecular weight is 547 g/mol. The maximum absolute atomic E-state index is 13.1. The highest BCUT2D eigenvalue weighted by Gasteiger charge is 2.60. The largest absolute Gasteiger partial charge is 0.488 e. The minimum atomic E-state index is -0.512. The molecule has 9 heteroatoms. The number of carbonyl (C=O) groups is 2. The van der Waals surface area contributed by atoms with Gasteiger partial charge >= 0.3 is 5.97 Å². The summed E-state index contributed by atoms with van der Waals surface area (Å²) in [5.74, 6) is -0.220. The van der Waals surface area contributed by atoms with Crippen LogP contribution in [-0.2, 0) is 32.7 Å². The predicted octanol–water partition coefficient (Wildman–Crippen LogP) is 4.05. The van der Waals surface area contributed by atoms with Gasteiger partial charge in [0, 0.05) is 44.3 Å². The molecular weight excluding hydrogens is 514 g/mol. The van der Waals surface area contributed by atoms with Gasteiger partial charge in [0.1, 0.15) is 37.0 Å². The fraction of sp³-hybridized carbons (Fsp3) is 0.367. The molecule has 0 bridgehead atoms. The van der Waals surface area contributed by atoms with Crippen LogP contribution >= 0.6 is 11.3 Å². The van der Waals surface area contributed by atoms with Crippen molar-refractivity contribution >= 4 is 43.4 Å². The number of β-lactam (4-membered cyclic amide) rings is 1. The summed E-state index contributed by atoms with van der Waals surface area (Å²) in [6.07, 6.45) is 5.94. The maximum Gasteiger partial charge on any atom is 0.354 e.